The second-order valence-electron chi connectivity index (χ2n) is 3.29. The molecule has 0 saturated heterocycles. The first kappa shape index (κ1) is 11.5. The lowest BCUT2D eigenvalue weighted by Crippen LogP contribution is -2.14. The summed E-state index contributed by atoms with van der Waals surface area (Å²) in [6, 6.07) is 7.26. The highest BCUT2D eigenvalue weighted by Gasteiger charge is 2.08. The maximum absolute atomic E-state index is 11.8. The molecule has 0 atom stereocenters. The van der Waals surface area contributed by atoms with Gasteiger partial charge in [0, 0.05) is 10.2 Å². The molecule has 0 radical (unpaired) electrons. The summed E-state index contributed by atoms with van der Waals surface area (Å²) in [6.45, 7) is 0. The molecule has 0 aliphatic carbocycles. The van der Waals surface area contributed by atoms with Gasteiger partial charge in [-0.2, -0.15) is 0 Å². The van der Waals surface area contributed by atoms with Gasteiger partial charge in [0.15, 0.2) is 0 Å². The number of nitrogens with zero attached hydrogens (tertiary/aromatic N) is 2. The van der Waals surface area contributed by atoms with Gasteiger partial charge in [-0.05, 0) is 18.2 Å². The van der Waals surface area contributed by atoms with Gasteiger partial charge in [-0.1, -0.05) is 22.0 Å². The van der Waals surface area contributed by atoms with Gasteiger partial charge in [0.2, 0.25) is 0 Å². The Morgan fingerprint density at radius 1 is 1.35 bits per heavy atom. The Balaban J connectivity index is 2.17. The van der Waals surface area contributed by atoms with Crippen LogP contribution >= 0.6 is 15.9 Å². The van der Waals surface area contributed by atoms with Crippen LogP contribution < -0.4 is 11.1 Å². The number of nitrogens with two attached hydrogens (primary N) is 1. The first-order valence-corrected chi connectivity index (χ1v) is 5.59. The number of anilines is 2. The maximum atomic E-state index is 11.8. The number of nitrogens with one attached hydrogen (secondary N) is 1. The van der Waals surface area contributed by atoms with E-state index in [-0.39, 0.29) is 17.4 Å². The van der Waals surface area contributed by atoms with E-state index in [1.807, 2.05) is 12.1 Å². The largest absolute Gasteiger partial charge is 0.382 e. The molecule has 1 aromatic heterocycles. The summed E-state index contributed by atoms with van der Waals surface area (Å²) in [5, 5.41) is 2.70. The van der Waals surface area contributed by atoms with E-state index in [9.17, 15) is 4.79 Å². The summed E-state index contributed by atoms with van der Waals surface area (Å²) in [4.78, 5) is 19.5. The molecule has 0 saturated carbocycles. The fourth-order valence-corrected chi connectivity index (χ4v) is 1.65. The third kappa shape index (κ3) is 3.01. The molecular formula is C11H9BrN4O. The molecule has 0 unspecified atom stereocenters. The second kappa shape index (κ2) is 4.92. The second-order valence-corrected chi connectivity index (χ2v) is 4.21. The first-order valence-electron chi connectivity index (χ1n) is 4.79. The molecule has 2 aromatic rings. The average molecular weight is 293 g/mol. The van der Waals surface area contributed by atoms with Gasteiger partial charge in [0.05, 0.1) is 12.4 Å². The lowest BCUT2D eigenvalue weighted by atomic mass is 10.3. The Bertz CT molecular complexity index is 559. The number of hydrogen-bond acceptors (Lipinski definition) is 4. The average Bonchev–Trinajstić information content (AvgIpc) is 2.29. The van der Waals surface area contributed by atoms with Crippen molar-refractivity contribution < 1.29 is 4.79 Å². The van der Waals surface area contributed by atoms with E-state index in [0.29, 0.717) is 5.69 Å². The summed E-state index contributed by atoms with van der Waals surface area (Å²) in [5.74, 6) is -0.130. The van der Waals surface area contributed by atoms with Crippen LogP contribution in [0, 0.1) is 0 Å². The SMILES string of the molecule is Nc1cncc(C(=O)Nc2cccc(Br)c2)n1. The number of nitrogen functional groups attached to an aromatic ring is 1. The number of halogens is 1. The molecule has 5 nitrogen and oxygen atoms in total. The molecule has 2 rings (SSSR count). The normalized spacial score (nSPS) is 9.94. The van der Waals surface area contributed by atoms with Crippen molar-refractivity contribution in [1.29, 1.82) is 0 Å². The van der Waals surface area contributed by atoms with E-state index in [4.69, 9.17) is 5.73 Å². The Kier molecular flexibility index (Phi) is 3.34. The van der Waals surface area contributed by atoms with Crippen LogP contribution in [0.4, 0.5) is 11.5 Å². The van der Waals surface area contributed by atoms with Gasteiger partial charge in [-0.25, -0.2) is 4.98 Å². The van der Waals surface area contributed by atoms with Gasteiger partial charge in [-0.15, -0.1) is 0 Å². The van der Waals surface area contributed by atoms with Crippen molar-refractivity contribution in [2.75, 3.05) is 11.1 Å². The van der Waals surface area contributed by atoms with E-state index in [1.54, 1.807) is 12.1 Å². The number of benzene rings is 1. The van der Waals surface area contributed by atoms with Crippen molar-refractivity contribution in [1.82, 2.24) is 9.97 Å². The smallest absolute Gasteiger partial charge is 0.275 e. The summed E-state index contributed by atoms with van der Waals surface area (Å²) < 4.78 is 0.883. The molecule has 1 aromatic carbocycles. The van der Waals surface area contributed by atoms with Crippen LogP contribution in [0.2, 0.25) is 0 Å². The van der Waals surface area contributed by atoms with Gasteiger partial charge < -0.3 is 11.1 Å². The highest BCUT2D eigenvalue weighted by molar-refractivity contribution is 9.10. The minimum absolute atomic E-state index is 0.185. The Labute approximate surface area is 106 Å². The maximum Gasteiger partial charge on any atom is 0.275 e. The van der Waals surface area contributed by atoms with Crippen LogP contribution in [-0.4, -0.2) is 15.9 Å². The van der Waals surface area contributed by atoms with E-state index in [0.717, 1.165) is 4.47 Å². The van der Waals surface area contributed by atoms with Crippen molar-refractivity contribution in [3.63, 3.8) is 0 Å². The number of hydrogen-bond donors (Lipinski definition) is 2. The van der Waals surface area contributed by atoms with Crippen molar-refractivity contribution in [3.8, 4) is 0 Å². The van der Waals surface area contributed by atoms with E-state index < -0.39 is 0 Å². The Morgan fingerprint density at radius 2 is 2.18 bits per heavy atom. The summed E-state index contributed by atoms with van der Waals surface area (Å²) in [7, 11) is 0. The highest BCUT2D eigenvalue weighted by atomic mass is 79.9. The predicted octanol–water partition coefficient (Wildman–Crippen LogP) is 2.07. The number of carbonyl (C=O) groups excluding carboxylic acids is 1. The number of rotatable bonds is 2. The van der Waals surface area contributed by atoms with Gasteiger partial charge in [0.1, 0.15) is 11.5 Å². The molecule has 6 heteroatoms. The number of carbonyl (C=O) groups is 1. The van der Waals surface area contributed by atoms with E-state index in [2.05, 4.69) is 31.2 Å². The number of amides is 1. The molecule has 0 aliphatic rings. The zero-order chi connectivity index (χ0) is 12.3. The van der Waals surface area contributed by atoms with Crippen LogP contribution in [0.3, 0.4) is 0 Å². The third-order valence-electron chi connectivity index (χ3n) is 1.97. The standard InChI is InChI=1S/C11H9BrN4O/c12-7-2-1-3-8(4-7)15-11(17)9-5-14-6-10(13)16-9/h1-6H,(H2,13,16)(H,15,17). The molecule has 1 heterocycles. The van der Waals surface area contributed by atoms with Gasteiger partial charge in [-0.3, -0.25) is 9.78 Å². The van der Waals surface area contributed by atoms with Crippen molar-refractivity contribution in [2.24, 2.45) is 0 Å². The zero-order valence-electron chi connectivity index (χ0n) is 8.72. The quantitative estimate of drug-likeness (QED) is 0.888. The summed E-state index contributed by atoms with van der Waals surface area (Å²) in [5.41, 5.74) is 6.31. The predicted molar refractivity (Wildman–Crippen MR) is 68.5 cm³/mol. The number of aromatic nitrogens is 2. The van der Waals surface area contributed by atoms with Crippen LogP contribution in [0.15, 0.2) is 41.1 Å². The zero-order valence-corrected chi connectivity index (χ0v) is 10.3. The van der Waals surface area contributed by atoms with E-state index >= 15 is 0 Å². The molecule has 1 amide bonds. The molecule has 0 bridgehead atoms. The molecule has 0 aliphatic heterocycles. The molecule has 86 valence electrons. The van der Waals surface area contributed by atoms with Crippen LogP contribution in [0.1, 0.15) is 10.5 Å². The molecular weight excluding hydrogens is 284 g/mol. The van der Waals surface area contributed by atoms with Gasteiger partial charge >= 0.3 is 0 Å². The Hall–Kier alpha value is -1.95. The minimum atomic E-state index is -0.345. The molecule has 0 fully saturated rings. The van der Waals surface area contributed by atoms with Crippen LogP contribution in [0.5, 0.6) is 0 Å². The van der Waals surface area contributed by atoms with Crippen molar-refractivity contribution >= 4 is 33.3 Å². The highest BCUT2D eigenvalue weighted by Crippen LogP contribution is 2.16. The molecule has 3 N–H and O–H groups in total. The topological polar surface area (TPSA) is 80.9 Å². The molecule has 0 spiro atoms. The fraction of sp³-hybridized carbons (Fsp3) is 0. The Morgan fingerprint density at radius 3 is 2.88 bits per heavy atom. The summed E-state index contributed by atoms with van der Waals surface area (Å²) >= 11 is 3.32. The van der Waals surface area contributed by atoms with E-state index in [1.165, 1.54) is 12.4 Å². The van der Waals surface area contributed by atoms with Crippen molar-refractivity contribution in [2.45, 2.75) is 0 Å². The summed E-state index contributed by atoms with van der Waals surface area (Å²) in [6.07, 6.45) is 2.75. The lowest BCUT2D eigenvalue weighted by molar-refractivity contribution is 0.102. The lowest BCUT2D eigenvalue weighted by Gasteiger charge is -2.04. The first-order chi connectivity index (χ1) is 8.15. The third-order valence-corrected chi connectivity index (χ3v) is 2.46. The van der Waals surface area contributed by atoms with Crippen molar-refractivity contribution in [3.05, 3.63) is 46.8 Å². The molecule has 17 heavy (non-hydrogen) atoms. The van der Waals surface area contributed by atoms with Gasteiger partial charge in [0.25, 0.3) is 5.91 Å². The van der Waals surface area contributed by atoms with Crippen LogP contribution in [-0.2, 0) is 0 Å². The minimum Gasteiger partial charge on any atom is -0.382 e. The van der Waals surface area contributed by atoms with Crippen LogP contribution in [0.25, 0.3) is 0 Å². The monoisotopic (exact) mass is 292 g/mol. The fourth-order valence-electron chi connectivity index (χ4n) is 1.25.